The number of ether oxygens (including phenoxy) is 1. The standard InChI is InChI=1S/C14H15ClN2O2/c1-9-6-12(17(3)16-9)8-19-14-5-4-11(15)7-13(14)10(2)18/h4-7H,8H2,1-3H3. The lowest BCUT2D eigenvalue weighted by atomic mass is 10.1. The van der Waals surface area contributed by atoms with Gasteiger partial charge in [-0.25, -0.2) is 0 Å². The van der Waals surface area contributed by atoms with E-state index in [1.807, 2.05) is 20.0 Å². The maximum atomic E-state index is 11.5. The molecule has 5 heteroatoms. The van der Waals surface area contributed by atoms with Crippen LogP contribution < -0.4 is 4.74 Å². The Morgan fingerprint density at radius 2 is 2.16 bits per heavy atom. The van der Waals surface area contributed by atoms with Crippen LogP contribution in [0, 0.1) is 6.92 Å². The van der Waals surface area contributed by atoms with E-state index in [1.165, 1.54) is 6.92 Å². The number of carbonyl (C=O) groups is 1. The highest BCUT2D eigenvalue weighted by Crippen LogP contribution is 2.24. The Kier molecular flexibility index (Phi) is 3.90. The average molecular weight is 279 g/mol. The summed E-state index contributed by atoms with van der Waals surface area (Å²) in [4.78, 5) is 11.5. The number of carbonyl (C=O) groups excluding carboxylic acids is 1. The number of aryl methyl sites for hydroxylation is 2. The van der Waals surface area contributed by atoms with Gasteiger partial charge in [0.1, 0.15) is 12.4 Å². The lowest BCUT2D eigenvalue weighted by Crippen LogP contribution is -2.05. The van der Waals surface area contributed by atoms with Crippen LogP contribution in [-0.4, -0.2) is 15.6 Å². The van der Waals surface area contributed by atoms with Crippen molar-refractivity contribution in [1.29, 1.82) is 0 Å². The number of nitrogens with zero attached hydrogens (tertiary/aromatic N) is 2. The van der Waals surface area contributed by atoms with Crippen molar-refractivity contribution in [3.8, 4) is 5.75 Å². The number of halogens is 1. The van der Waals surface area contributed by atoms with Crippen molar-refractivity contribution < 1.29 is 9.53 Å². The third-order valence-electron chi connectivity index (χ3n) is 2.80. The first kappa shape index (κ1) is 13.6. The molecule has 0 saturated heterocycles. The van der Waals surface area contributed by atoms with Crippen LogP contribution >= 0.6 is 11.6 Å². The smallest absolute Gasteiger partial charge is 0.163 e. The molecule has 0 bridgehead atoms. The Balaban J connectivity index is 2.20. The molecule has 0 fully saturated rings. The van der Waals surface area contributed by atoms with E-state index in [0.717, 1.165) is 11.4 Å². The fourth-order valence-electron chi connectivity index (χ4n) is 1.85. The van der Waals surface area contributed by atoms with Crippen LogP contribution in [0.2, 0.25) is 5.02 Å². The van der Waals surface area contributed by atoms with E-state index < -0.39 is 0 Å². The summed E-state index contributed by atoms with van der Waals surface area (Å²) in [5.74, 6) is 0.467. The number of Topliss-reactive ketones (excluding diaryl/α,β-unsaturated/α-hetero) is 1. The lowest BCUT2D eigenvalue weighted by Gasteiger charge is -2.10. The van der Waals surface area contributed by atoms with E-state index in [-0.39, 0.29) is 5.78 Å². The Morgan fingerprint density at radius 1 is 1.42 bits per heavy atom. The molecule has 1 heterocycles. The predicted molar refractivity (Wildman–Crippen MR) is 73.7 cm³/mol. The Hall–Kier alpha value is -1.81. The van der Waals surface area contributed by atoms with Gasteiger partial charge in [0.25, 0.3) is 0 Å². The minimum Gasteiger partial charge on any atom is -0.487 e. The maximum Gasteiger partial charge on any atom is 0.163 e. The van der Waals surface area contributed by atoms with Gasteiger partial charge in [0.2, 0.25) is 0 Å². The minimum absolute atomic E-state index is 0.0707. The molecular formula is C14H15ClN2O2. The Bertz CT molecular complexity index is 620. The second-order valence-corrected chi connectivity index (χ2v) is 4.82. The number of hydrogen-bond donors (Lipinski definition) is 0. The van der Waals surface area contributed by atoms with Crippen molar-refractivity contribution in [1.82, 2.24) is 9.78 Å². The van der Waals surface area contributed by atoms with Gasteiger partial charge in [-0.15, -0.1) is 0 Å². The van der Waals surface area contributed by atoms with Crippen molar-refractivity contribution in [2.24, 2.45) is 7.05 Å². The van der Waals surface area contributed by atoms with Gasteiger partial charge < -0.3 is 4.74 Å². The number of rotatable bonds is 4. The van der Waals surface area contributed by atoms with Crippen LogP contribution in [0.5, 0.6) is 5.75 Å². The van der Waals surface area contributed by atoms with Crippen molar-refractivity contribution >= 4 is 17.4 Å². The summed E-state index contributed by atoms with van der Waals surface area (Å²) in [6, 6.07) is 6.98. The molecule has 1 aromatic heterocycles. The van der Waals surface area contributed by atoms with E-state index >= 15 is 0 Å². The largest absolute Gasteiger partial charge is 0.487 e. The average Bonchev–Trinajstić information content (AvgIpc) is 2.66. The molecule has 1 aromatic carbocycles. The second kappa shape index (κ2) is 5.45. The van der Waals surface area contributed by atoms with Gasteiger partial charge >= 0.3 is 0 Å². The van der Waals surface area contributed by atoms with E-state index in [2.05, 4.69) is 5.10 Å². The third kappa shape index (κ3) is 3.15. The van der Waals surface area contributed by atoms with Gasteiger partial charge in [-0.05, 0) is 38.1 Å². The molecule has 2 aromatic rings. The predicted octanol–water partition coefficient (Wildman–Crippen LogP) is 3.16. The zero-order valence-corrected chi connectivity index (χ0v) is 11.9. The summed E-state index contributed by atoms with van der Waals surface area (Å²) in [7, 11) is 1.86. The lowest BCUT2D eigenvalue weighted by molar-refractivity contribution is 0.101. The molecule has 0 aliphatic carbocycles. The molecular weight excluding hydrogens is 264 g/mol. The Morgan fingerprint density at radius 3 is 2.74 bits per heavy atom. The van der Waals surface area contributed by atoms with Gasteiger partial charge in [0.05, 0.1) is 17.0 Å². The van der Waals surface area contributed by atoms with Gasteiger partial charge in [0, 0.05) is 12.1 Å². The monoisotopic (exact) mass is 278 g/mol. The molecule has 0 atom stereocenters. The van der Waals surface area contributed by atoms with E-state index in [0.29, 0.717) is 22.9 Å². The summed E-state index contributed by atoms with van der Waals surface area (Å²) in [6.45, 7) is 3.78. The van der Waals surface area contributed by atoms with Gasteiger partial charge in [0.15, 0.2) is 5.78 Å². The first-order valence-corrected chi connectivity index (χ1v) is 6.28. The zero-order valence-electron chi connectivity index (χ0n) is 11.1. The molecule has 0 N–H and O–H groups in total. The molecule has 100 valence electrons. The molecule has 2 rings (SSSR count). The van der Waals surface area contributed by atoms with Crippen LogP contribution in [0.15, 0.2) is 24.3 Å². The maximum absolute atomic E-state index is 11.5. The topological polar surface area (TPSA) is 44.1 Å². The van der Waals surface area contributed by atoms with Gasteiger partial charge in [-0.1, -0.05) is 11.6 Å². The summed E-state index contributed by atoms with van der Waals surface area (Å²) in [6.07, 6.45) is 0. The minimum atomic E-state index is -0.0707. The molecule has 0 unspecified atom stereocenters. The summed E-state index contributed by atoms with van der Waals surface area (Å²) >= 11 is 5.88. The number of ketones is 1. The highest BCUT2D eigenvalue weighted by molar-refractivity contribution is 6.31. The fraction of sp³-hybridized carbons (Fsp3) is 0.286. The fourth-order valence-corrected chi connectivity index (χ4v) is 2.03. The van der Waals surface area contributed by atoms with E-state index in [9.17, 15) is 4.79 Å². The van der Waals surface area contributed by atoms with Crippen molar-refractivity contribution in [3.63, 3.8) is 0 Å². The number of hydrogen-bond acceptors (Lipinski definition) is 3. The SMILES string of the molecule is CC(=O)c1cc(Cl)ccc1OCc1cc(C)nn1C. The van der Waals surface area contributed by atoms with Crippen molar-refractivity contribution in [3.05, 3.63) is 46.2 Å². The molecule has 0 spiro atoms. The molecule has 0 saturated carbocycles. The van der Waals surface area contributed by atoms with Gasteiger partial charge in [-0.3, -0.25) is 9.48 Å². The molecule has 0 radical (unpaired) electrons. The zero-order chi connectivity index (χ0) is 14.0. The van der Waals surface area contributed by atoms with Crippen LogP contribution in [-0.2, 0) is 13.7 Å². The van der Waals surface area contributed by atoms with Crippen molar-refractivity contribution in [2.45, 2.75) is 20.5 Å². The molecule has 19 heavy (non-hydrogen) atoms. The van der Waals surface area contributed by atoms with Crippen LogP contribution in [0.4, 0.5) is 0 Å². The summed E-state index contributed by atoms with van der Waals surface area (Å²) < 4.78 is 7.46. The normalized spacial score (nSPS) is 10.5. The van der Waals surface area contributed by atoms with Crippen LogP contribution in [0.25, 0.3) is 0 Å². The quantitative estimate of drug-likeness (QED) is 0.807. The molecule has 0 aliphatic rings. The highest BCUT2D eigenvalue weighted by atomic mass is 35.5. The summed E-state index contributed by atoms with van der Waals surface area (Å²) in [5, 5.41) is 4.77. The highest BCUT2D eigenvalue weighted by Gasteiger charge is 2.10. The van der Waals surface area contributed by atoms with Crippen LogP contribution in [0.3, 0.4) is 0 Å². The molecule has 0 amide bonds. The summed E-state index contributed by atoms with van der Waals surface area (Å²) in [5.41, 5.74) is 2.37. The van der Waals surface area contributed by atoms with Crippen molar-refractivity contribution in [2.75, 3.05) is 0 Å². The van der Waals surface area contributed by atoms with Gasteiger partial charge in [-0.2, -0.15) is 5.10 Å². The molecule has 0 aliphatic heterocycles. The van der Waals surface area contributed by atoms with Crippen LogP contribution in [0.1, 0.15) is 28.7 Å². The van der Waals surface area contributed by atoms with E-state index in [1.54, 1.807) is 22.9 Å². The Labute approximate surface area is 116 Å². The van der Waals surface area contributed by atoms with E-state index in [4.69, 9.17) is 16.3 Å². The first-order valence-electron chi connectivity index (χ1n) is 5.90. The first-order chi connectivity index (χ1) is 8.97. The number of benzene rings is 1. The second-order valence-electron chi connectivity index (χ2n) is 4.39. The third-order valence-corrected chi connectivity index (χ3v) is 3.03. The molecule has 4 nitrogen and oxygen atoms in total. The number of aromatic nitrogens is 2.